The van der Waals surface area contributed by atoms with Crippen LogP contribution in [0.25, 0.3) is 0 Å². The van der Waals surface area contributed by atoms with Gasteiger partial charge in [-0.05, 0) is 31.8 Å². The van der Waals surface area contributed by atoms with Gasteiger partial charge in [-0.1, -0.05) is 6.08 Å². The van der Waals surface area contributed by atoms with Gasteiger partial charge in [0.25, 0.3) is 0 Å². The average Bonchev–Trinajstić information content (AvgIpc) is 2.03. The number of allylic oxidation sites excluding steroid dienone is 2. The average molecular weight is 150 g/mol. The summed E-state index contributed by atoms with van der Waals surface area (Å²) in [4.78, 5) is 9.79. The normalized spacial score (nSPS) is 8.00. The van der Waals surface area contributed by atoms with E-state index in [-0.39, 0.29) is 0 Å². The fraction of sp³-hybridized carbons (Fsp3) is 0.400. The SMILES string of the molecule is C=CCCCCC=C=CC=O. The summed E-state index contributed by atoms with van der Waals surface area (Å²) < 4.78 is 0. The van der Waals surface area contributed by atoms with Crippen LogP contribution in [0.2, 0.25) is 0 Å². The molecule has 0 aliphatic heterocycles. The third-order valence-electron chi connectivity index (χ3n) is 1.29. The molecule has 0 spiro atoms. The Hall–Kier alpha value is -1.07. The molecule has 1 nitrogen and oxygen atoms in total. The lowest BCUT2D eigenvalue weighted by molar-refractivity contribution is -0.104. The molecule has 0 N–H and O–H groups in total. The lowest BCUT2D eigenvalue weighted by Gasteiger charge is -1.89. The number of hydrogen-bond donors (Lipinski definition) is 0. The summed E-state index contributed by atoms with van der Waals surface area (Å²) in [5.74, 6) is 0. The Morgan fingerprint density at radius 1 is 1.27 bits per heavy atom. The van der Waals surface area contributed by atoms with Crippen molar-refractivity contribution in [1.29, 1.82) is 0 Å². The molecule has 0 aliphatic carbocycles. The summed E-state index contributed by atoms with van der Waals surface area (Å²) >= 11 is 0. The fourth-order valence-corrected chi connectivity index (χ4v) is 0.726. The molecule has 0 fully saturated rings. The third-order valence-corrected chi connectivity index (χ3v) is 1.29. The predicted molar refractivity (Wildman–Crippen MR) is 47.4 cm³/mol. The molecule has 0 saturated carbocycles. The summed E-state index contributed by atoms with van der Waals surface area (Å²) in [5, 5.41) is 0. The van der Waals surface area contributed by atoms with Gasteiger partial charge in [-0.3, -0.25) is 4.79 Å². The zero-order valence-corrected chi connectivity index (χ0v) is 6.75. The van der Waals surface area contributed by atoms with Crippen LogP contribution in [-0.4, -0.2) is 6.29 Å². The van der Waals surface area contributed by atoms with Crippen molar-refractivity contribution in [2.75, 3.05) is 0 Å². The van der Waals surface area contributed by atoms with Gasteiger partial charge in [0.15, 0.2) is 6.29 Å². The first-order valence-electron chi connectivity index (χ1n) is 3.87. The van der Waals surface area contributed by atoms with Crippen molar-refractivity contribution in [2.45, 2.75) is 25.7 Å². The van der Waals surface area contributed by atoms with Gasteiger partial charge >= 0.3 is 0 Å². The topological polar surface area (TPSA) is 17.1 Å². The molecule has 0 saturated heterocycles. The molecule has 0 unspecified atom stereocenters. The fourth-order valence-electron chi connectivity index (χ4n) is 0.726. The first kappa shape index (κ1) is 9.93. The first-order valence-corrected chi connectivity index (χ1v) is 3.87. The van der Waals surface area contributed by atoms with E-state index < -0.39 is 0 Å². The zero-order valence-electron chi connectivity index (χ0n) is 6.75. The molecule has 0 heterocycles. The van der Waals surface area contributed by atoms with Gasteiger partial charge < -0.3 is 0 Å². The summed E-state index contributed by atoms with van der Waals surface area (Å²) in [6.45, 7) is 3.63. The second-order valence-corrected chi connectivity index (χ2v) is 2.25. The Labute approximate surface area is 68.1 Å². The molecule has 0 amide bonds. The summed E-state index contributed by atoms with van der Waals surface area (Å²) in [5.41, 5.74) is 2.77. The second-order valence-electron chi connectivity index (χ2n) is 2.25. The van der Waals surface area contributed by atoms with E-state index in [0.717, 1.165) is 25.5 Å². The van der Waals surface area contributed by atoms with Crippen LogP contribution in [0.15, 0.2) is 30.5 Å². The lowest BCUT2D eigenvalue weighted by atomic mass is 10.2. The highest BCUT2D eigenvalue weighted by molar-refractivity contribution is 5.64. The molecule has 0 rings (SSSR count). The Morgan fingerprint density at radius 3 is 2.64 bits per heavy atom. The largest absolute Gasteiger partial charge is 0.298 e. The molecule has 11 heavy (non-hydrogen) atoms. The lowest BCUT2D eigenvalue weighted by Crippen LogP contribution is -1.70. The number of unbranched alkanes of at least 4 members (excludes halogenated alkanes) is 3. The second kappa shape index (κ2) is 8.93. The van der Waals surface area contributed by atoms with Crippen molar-refractivity contribution >= 4 is 6.29 Å². The van der Waals surface area contributed by atoms with Crippen molar-refractivity contribution in [1.82, 2.24) is 0 Å². The van der Waals surface area contributed by atoms with Crippen LogP contribution in [0.4, 0.5) is 0 Å². The van der Waals surface area contributed by atoms with Gasteiger partial charge in [0.05, 0.1) is 0 Å². The van der Waals surface area contributed by atoms with E-state index in [2.05, 4.69) is 12.3 Å². The van der Waals surface area contributed by atoms with Crippen LogP contribution in [0, 0.1) is 0 Å². The van der Waals surface area contributed by atoms with Crippen LogP contribution in [0.5, 0.6) is 0 Å². The standard InChI is InChI=1S/C10H14O/c1-2-3-4-5-6-7-8-9-10-11/h2,7,9-10H,1,3-6H2. The Balaban J connectivity index is 3.19. The molecule has 0 aromatic carbocycles. The van der Waals surface area contributed by atoms with Gasteiger partial charge in [-0.15, -0.1) is 12.3 Å². The molecule has 0 aromatic heterocycles. The smallest absolute Gasteiger partial charge is 0.150 e. The summed E-state index contributed by atoms with van der Waals surface area (Å²) in [6.07, 6.45) is 10.3. The van der Waals surface area contributed by atoms with Crippen LogP contribution in [0.1, 0.15) is 25.7 Å². The highest BCUT2D eigenvalue weighted by Crippen LogP contribution is 1.99. The monoisotopic (exact) mass is 150 g/mol. The third kappa shape index (κ3) is 8.93. The highest BCUT2D eigenvalue weighted by Gasteiger charge is 1.80. The Kier molecular flexibility index (Phi) is 8.06. The number of aldehydes is 1. The zero-order chi connectivity index (χ0) is 8.36. The van der Waals surface area contributed by atoms with Gasteiger partial charge in [-0.2, -0.15) is 0 Å². The molecule has 1 heteroatoms. The maximum absolute atomic E-state index is 9.79. The van der Waals surface area contributed by atoms with E-state index in [1.54, 1.807) is 0 Å². The van der Waals surface area contributed by atoms with E-state index in [9.17, 15) is 4.79 Å². The number of rotatable bonds is 6. The number of hydrogen-bond acceptors (Lipinski definition) is 1. The molecule has 0 aliphatic rings. The van der Waals surface area contributed by atoms with Crippen molar-refractivity contribution in [3.05, 3.63) is 30.5 Å². The maximum Gasteiger partial charge on any atom is 0.150 e. The van der Waals surface area contributed by atoms with E-state index in [0.29, 0.717) is 0 Å². The minimum Gasteiger partial charge on any atom is -0.298 e. The molecular weight excluding hydrogens is 136 g/mol. The van der Waals surface area contributed by atoms with E-state index >= 15 is 0 Å². The molecule has 0 bridgehead atoms. The van der Waals surface area contributed by atoms with E-state index in [4.69, 9.17) is 0 Å². The van der Waals surface area contributed by atoms with Gasteiger partial charge in [0, 0.05) is 6.08 Å². The van der Waals surface area contributed by atoms with E-state index in [1.807, 2.05) is 12.2 Å². The molecule has 0 radical (unpaired) electrons. The van der Waals surface area contributed by atoms with Crippen LogP contribution in [0.3, 0.4) is 0 Å². The van der Waals surface area contributed by atoms with Crippen molar-refractivity contribution in [3.8, 4) is 0 Å². The quantitative estimate of drug-likeness (QED) is 0.187. The number of carbonyl (C=O) groups excluding carboxylic acids is 1. The van der Waals surface area contributed by atoms with Crippen molar-refractivity contribution in [3.63, 3.8) is 0 Å². The first-order chi connectivity index (χ1) is 5.41. The van der Waals surface area contributed by atoms with Crippen molar-refractivity contribution < 1.29 is 4.79 Å². The minimum absolute atomic E-state index is 0.736. The maximum atomic E-state index is 9.79. The Morgan fingerprint density at radius 2 is 2.00 bits per heavy atom. The summed E-state index contributed by atoms with van der Waals surface area (Å²) in [6, 6.07) is 0. The van der Waals surface area contributed by atoms with E-state index in [1.165, 1.54) is 12.5 Å². The predicted octanol–water partition coefficient (Wildman–Crippen LogP) is 2.64. The van der Waals surface area contributed by atoms with Gasteiger partial charge in [0.1, 0.15) is 0 Å². The van der Waals surface area contributed by atoms with Crippen molar-refractivity contribution in [2.24, 2.45) is 0 Å². The van der Waals surface area contributed by atoms with Crippen LogP contribution < -0.4 is 0 Å². The van der Waals surface area contributed by atoms with Gasteiger partial charge in [0.2, 0.25) is 0 Å². The summed E-state index contributed by atoms with van der Waals surface area (Å²) in [7, 11) is 0. The molecular formula is C10H14O. The van der Waals surface area contributed by atoms with Crippen LogP contribution >= 0.6 is 0 Å². The van der Waals surface area contributed by atoms with Gasteiger partial charge in [-0.25, -0.2) is 0 Å². The molecule has 60 valence electrons. The minimum atomic E-state index is 0.736. The molecule has 0 atom stereocenters. The highest BCUT2D eigenvalue weighted by atomic mass is 16.1. The van der Waals surface area contributed by atoms with Crippen LogP contribution in [-0.2, 0) is 4.79 Å². The number of carbonyl (C=O) groups is 1. The Bertz CT molecular complexity index is 162. The molecule has 0 aromatic rings.